The first-order valence-corrected chi connectivity index (χ1v) is 12.0. The summed E-state index contributed by atoms with van der Waals surface area (Å²) >= 11 is 0. The standard InChI is InChI=1S/C25H32N6O2/c1-17(32)30-13-9-19(15-30)24-27-22-10-12-29(16-21(22)25(26-2)28-24)14-18-5-7-20(8-6-18)31-11-3-4-23(31)33/h5-8,19H,3-4,9-16H2,1-2H3,(H,26,27,28). The van der Waals surface area contributed by atoms with Gasteiger partial charge in [-0.05, 0) is 30.5 Å². The first-order chi connectivity index (χ1) is 16.0. The Morgan fingerprint density at radius 3 is 2.61 bits per heavy atom. The third kappa shape index (κ3) is 4.44. The molecule has 1 atom stereocenters. The van der Waals surface area contributed by atoms with Crippen molar-refractivity contribution in [3.8, 4) is 0 Å². The number of hydrogen-bond acceptors (Lipinski definition) is 6. The lowest BCUT2D eigenvalue weighted by atomic mass is 10.0. The molecule has 2 aromatic rings. The maximum Gasteiger partial charge on any atom is 0.227 e. The van der Waals surface area contributed by atoms with Crippen LogP contribution in [0.5, 0.6) is 0 Å². The number of carbonyl (C=O) groups excluding carboxylic acids is 2. The molecule has 2 amide bonds. The Morgan fingerprint density at radius 2 is 1.94 bits per heavy atom. The van der Waals surface area contributed by atoms with Gasteiger partial charge in [0.05, 0.1) is 5.69 Å². The molecule has 0 saturated carbocycles. The van der Waals surface area contributed by atoms with Crippen LogP contribution in [0.15, 0.2) is 24.3 Å². The number of benzene rings is 1. The van der Waals surface area contributed by atoms with Gasteiger partial charge in [-0.2, -0.15) is 0 Å². The number of hydrogen-bond donors (Lipinski definition) is 1. The van der Waals surface area contributed by atoms with Crippen molar-refractivity contribution in [1.29, 1.82) is 0 Å². The number of anilines is 2. The minimum Gasteiger partial charge on any atom is -0.373 e. The predicted octanol–water partition coefficient (Wildman–Crippen LogP) is 2.54. The van der Waals surface area contributed by atoms with Crippen LogP contribution in [0.25, 0.3) is 0 Å². The fourth-order valence-corrected chi connectivity index (χ4v) is 5.23. The Balaban J connectivity index is 1.27. The van der Waals surface area contributed by atoms with Crippen LogP contribution in [0.1, 0.15) is 54.7 Å². The highest BCUT2D eigenvalue weighted by molar-refractivity contribution is 5.95. The van der Waals surface area contributed by atoms with Crippen LogP contribution >= 0.6 is 0 Å². The molecule has 8 nitrogen and oxygen atoms in total. The highest BCUT2D eigenvalue weighted by Gasteiger charge is 2.30. The number of nitrogens with one attached hydrogen (secondary N) is 1. The molecule has 8 heteroatoms. The van der Waals surface area contributed by atoms with Gasteiger partial charge in [0.2, 0.25) is 11.8 Å². The maximum atomic E-state index is 12.0. The van der Waals surface area contributed by atoms with E-state index in [1.165, 1.54) is 11.1 Å². The smallest absolute Gasteiger partial charge is 0.227 e. The Morgan fingerprint density at radius 1 is 1.12 bits per heavy atom. The molecule has 1 aromatic carbocycles. The lowest BCUT2D eigenvalue weighted by molar-refractivity contribution is -0.127. The van der Waals surface area contributed by atoms with E-state index in [0.29, 0.717) is 13.0 Å². The van der Waals surface area contributed by atoms with Gasteiger partial charge in [0.15, 0.2) is 0 Å². The van der Waals surface area contributed by atoms with Crippen LogP contribution in [0, 0.1) is 0 Å². The molecule has 0 spiro atoms. The number of likely N-dealkylation sites (tertiary alicyclic amines) is 1. The van der Waals surface area contributed by atoms with Crippen LogP contribution in [0.4, 0.5) is 11.5 Å². The second kappa shape index (κ2) is 9.09. The summed E-state index contributed by atoms with van der Waals surface area (Å²) in [5.41, 5.74) is 4.55. The van der Waals surface area contributed by atoms with Crippen molar-refractivity contribution in [1.82, 2.24) is 19.8 Å². The highest BCUT2D eigenvalue weighted by atomic mass is 16.2. The van der Waals surface area contributed by atoms with E-state index in [2.05, 4.69) is 34.5 Å². The van der Waals surface area contributed by atoms with Gasteiger partial charge >= 0.3 is 0 Å². The van der Waals surface area contributed by atoms with Crippen molar-refractivity contribution in [2.45, 2.75) is 51.6 Å². The van der Waals surface area contributed by atoms with Crippen molar-refractivity contribution < 1.29 is 9.59 Å². The summed E-state index contributed by atoms with van der Waals surface area (Å²) in [6, 6.07) is 8.40. The van der Waals surface area contributed by atoms with E-state index in [4.69, 9.17) is 9.97 Å². The van der Waals surface area contributed by atoms with Crippen molar-refractivity contribution in [3.05, 3.63) is 46.9 Å². The van der Waals surface area contributed by atoms with Crippen molar-refractivity contribution >= 4 is 23.3 Å². The summed E-state index contributed by atoms with van der Waals surface area (Å²) < 4.78 is 0. The molecular formula is C25H32N6O2. The van der Waals surface area contributed by atoms with Crippen LogP contribution in [0.2, 0.25) is 0 Å². The first-order valence-electron chi connectivity index (χ1n) is 12.0. The molecule has 0 radical (unpaired) electrons. The monoisotopic (exact) mass is 448 g/mol. The highest BCUT2D eigenvalue weighted by Crippen LogP contribution is 2.30. The molecule has 2 fully saturated rings. The van der Waals surface area contributed by atoms with E-state index < -0.39 is 0 Å². The van der Waals surface area contributed by atoms with Gasteiger partial charge in [0, 0.05) is 83.3 Å². The molecule has 174 valence electrons. The molecule has 2 saturated heterocycles. The number of aromatic nitrogens is 2. The quantitative estimate of drug-likeness (QED) is 0.757. The lowest BCUT2D eigenvalue weighted by Crippen LogP contribution is -2.32. The second-order valence-corrected chi connectivity index (χ2v) is 9.33. The summed E-state index contributed by atoms with van der Waals surface area (Å²) in [7, 11) is 1.92. The summed E-state index contributed by atoms with van der Waals surface area (Å²) in [5.74, 6) is 2.33. The zero-order chi connectivity index (χ0) is 22.9. The van der Waals surface area contributed by atoms with Gasteiger partial charge in [-0.15, -0.1) is 0 Å². The number of nitrogens with zero attached hydrogens (tertiary/aromatic N) is 5. The van der Waals surface area contributed by atoms with Crippen LogP contribution in [0.3, 0.4) is 0 Å². The van der Waals surface area contributed by atoms with E-state index in [9.17, 15) is 9.59 Å². The average molecular weight is 449 g/mol. The average Bonchev–Trinajstić information content (AvgIpc) is 3.48. The number of fused-ring (bicyclic) bond motifs is 1. The molecule has 33 heavy (non-hydrogen) atoms. The summed E-state index contributed by atoms with van der Waals surface area (Å²) in [4.78, 5) is 39.7. The van der Waals surface area contributed by atoms with E-state index in [1.807, 2.05) is 16.8 Å². The van der Waals surface area contributed by atoms with Crippen LogP contribution < -0.4 is 10.2 Å². The molecule has 0 aliphatic carbocycles. The van der Waals surface area contributed by atoms with Crippen molar-refractivity contribution in [3.63, 3.8) is 0 Å². The Kier molecular flexibility index (Phi) is 6.01. The summed E-state index contributed by atoms with van der Waals surface area (Å²) in [5, 5.41) is 3.28. The summed E-state index contributed by atoms with van der Waals surface area (Å²) in [6.07, 6.45) is 3.42. The van der Waals surface area contributed by atoms with Gasteiger partial charge < -0.3 is 15.1 Å². The minimum atomic E-state index is 0.125. The van der Waals surface area contributed by atoms with E-state index in [1.54, 1.807) is 6.92 Å². The van der Waals surface area contributed by atoms with Gasteiger partial charge in [-0.1, -0.05) is 12.1 Å². The van der Waals surface area contributed by atoms with Crippen molar-refractivity contribution in [2.24, 2.45) is 0 Å². The summed E-state index contributed by atoms with van der Waals surface area (Å²) in [6.45, 7) is 6.56. The molecule has 1 N–H and O–H groups in total. The third-order valence-corrected chi connectivity index (χ3v) is 7.12. The van der Waals surface area contributed by atoms with Crippen LogP contribution in [-0.4, -0.2) is 64.8 Å². The van der Waals surface area contributed by atoms with E-state index in [0.717, 1.165) is 75.0 Å². The lowest BCUT2D eigenvalue weighted by Gasteiger charge is -2.30. The SMILES string of the molecule is CNc1nc(C2CCN(C(C)=O)C2)nc2c1CN(Cc1ccc(N3CCCC3=O)cc1)CC2. The van der Waals surface area contributed by atoms with E-state index in [-0.39, 0.29) is 17.7 Å². The van der Waals surface area contributed by atoms with Crippen molar-refractivity contribution in [2.75, 3.05) is 43.4 Å². The van der Waals surface area contributed by atoms with E-state index >= 15 is 0 Å². The van der Waals surface area contributed by atoms with Gasteiger partial charge in [-0.3, -0.25) is 14.5 Å². The first kappa shape index (κ1) is 21.8. The second-order valence-electron chi connectivity index (χ2n) is 9.33. The molecule has 1 aromatic heterocycles. The number of amides is 2. The molecule has 1 unspecified atom stereocenters. The topological polar surface area (TPSA) is 81.7 Å². The van der Waals surface area contributed by atoms with Crippen LogP contribution in [-0.2, 0) is 29.1 Å². The number of rotatable bonds is 5. The Labute approximate surface area is 195 Å². The van der Waals surface area contributed by atoms with Gasteiger partial charge in [0.1, 0.15) is 11.6 Å². The largest absolute Gasteiger partial charge is 0.373 e. The molecular weight excluding hydrogens is 416 g/mol. The number of carbonyl (C=O) groups is 2. The zero-order valence-corrected chi connectivity index (χ0v) is 19.5. The maximum absolute atomic E-state index is 12.0. The predicted molar refractivity (Wildman–Crippen MR) is 127 cm³/mol. The molecule has 3 aliphatic heterocycles. The Bertz CT molecular complexity index is 1040. The molecule has 4 heterocycles. The minimum absolute atomic E-state index is 0.125. The van der Waals surface area contributed by atoms with Gasteiger partial charge in [-0.25, -0.2) is 9.97 Å². The fraction of sp³-hybridized carbons (Fsp3) is 0.520. The fourth-order valence-electron chi connectivity index (χ4n) is 5.23. The zero-order valence-electron chi connectivity index (χ0n) is 19.5. The third-order valence-electron chi connectivity index (χ3n) is 7.12. The van der Waals surface area contributed by atoms with Gasteiger partial charge in [0.25, 0.3) is 0 Å². The molecule has 0 bridgehead atoms. The molecule has 5 rings (SSSR count). The normalized spacial score (nSPS) is 20.9. The Hall–Kier alpha value is -3.00. The molecule has 3 aliphatic rings.